The van der Waals surface area contributed by atoms with Crippen LogP contribution < -0.4 is 0 Å². The fraction of sp³-hybridized carbons (Fsp3) is 0.100. The second-order valence-corrected chi connectivity index (χ2v) is 3.81. The van der Waals surface area contributed by atoms with Crippen LogP contribution in [0.25, 0.3) is 6.08 Å². The third-order valence-electron chi connectivity index (χ3n) is 1.87. The van der Waals surface area contributed by atoms with Gasteiger partial charge in [0, 0.05) is 28.3 Å². The summed E-state index contributed by atoms with van der Waals surface area (Å²) in [5.41, 5.74) is 0.567. The molecule has 6 heteroatoms. The number of non-ortho nitro benzene ring substituents is 1. The van der Waals surface area contributed by atoms with E-state index in [0.29, 0.717) is 10.6 Å². The Hall–Kier alpha value is -1.39. The summed E-state index contributed by atoms with van der Waals surface area (Å²) in [4.78, 5) is 20.8. The first-order valence-corrected chi connectivity index (χ1v) is 4.99. The van der Waals surface area contributed by atoms with Gasteiger partial charge in [0.05, 0.1) is 4.92 Å². The lowest BCUT2D eigenvalue weighted by Gasteiger charge is -1.99. The molecule has 0 aromatic heterocycles. The minimum absolute atomic E-state index is 0.0922. The minimum Gasteiger partial charge on any atom is -0.276 e. The molecular formula is C10H7Cl2NO3. The zero-order valence-corrected chi connectivity index (χ0v) is 9.75. The van der Waals surface area contributed by atoms with E-state index in [1.54, 1.807) is 0 Å². The van der Waals surface area contributed by atoms with Gasteiger partial charge in [-0.05, 0) is 30.7 Å². The van der Waals surface area contributed by atoms with Gasteiger partial charge < -0.3 is 0 Å². The molecule has 0 spiro atoms. The van der Waals surface area contributed by atoms with E-state index >= 15 is 0 Å². The van der Waals surface area contributed by atoms with Gasteiger partial charge in [-0.3, -0.25) is 14.9 Å². The van der Waals surface area contributed by atoms with Crippen molar-refractivity contribution in [1.29, 1.82) is 0 Å². The number of carbonyl (C=O) groups excluding carboxylic acids is 1. The molecule has 1 aromatic rings. The molecule has 0 aliphatic carbocycles. The van der Waals surface area contributed by atoms with Crippen molar-refractivity contribution >= 4 is 40.2 Å². The standard InChI is InChI=1S/C10H7Cl2NO3/c1-6(10(12)14)4-7-5-8(13(15)16)2-3-9(7)11/h2-5H,1H3. The zero-order chi connectivity index (χ0) is 12.3. The van der Waals surface area contributed by atoms with Gasteiger partial charge in [0.1, 0.15) is 0 Å². The van der Waals surface area contributed by atoms with Crippen molar-refractivity contribution < 1.29 is 9.72 Å². The number of carbonyl (C=O) groups is 1. The maximum absolute atomic E-state index is 10.8. The first-order valence-electron chi connectivity index (χ1n) is 4.24. The minimum atomic E-state index is -0.623. The highest BCUT2D eigenvalue weighted by Gasteiger charge is 2.09. The zero-order valence-electron chi connectivity index (χ0n) is 8.24. The van der Waals surface area contributed by atoms with Gasteiger partial charge in [-0.15, -0.1) is 0 Å². The number of allylic oxidation sites excluding steroid dienone is 1. The number of rotatable bonds is 3. The fourth-order valence-electron chi connectivity index (χ4n) is 1.05. The molecule has 0 aliphatic rings. The van der Waals surface area contributed by atoms with Crippen LogP contribution in [0.2, 0.25) is 5.02 Å². The normalized spacial score (nSPS) is 11.3. The van der Waals surface area contributed by atoms with Crippen LogP contribution in [0.4, 0.5) is 5.69 Å². The lowest BCUT2D eigenvalue weighted by Crippen LogP contribution is -1.91. The monoisotopic (exact) mass is 259 g/mol. The van der Waals surface area contributed by atoms with Crippen LogP contribution in [0.3, 0.4) is 0 Å². The molecule has 84 valence electrons. The van der Waals surface area contributed by atoms with Crippen molar-refractivity contribution in [2.24, 2.45) is 0 Å². The molecule has 4 nitrogen and oxygen atoms in total. The highest BCUT2D eigenvalue weighted by atomic mass is 35.5. The summed E-state index contributed by atoms with van der Waals surface area (Å²) in [7, 11) is 0. The Morgan fingerprint density at radius 1 is 1.50 bits per heavy atom. The summed E-state index contributed by atoms with van der Waals surface area (Å²) in [6, 6.07) is 3.97. The first kappa shape index (κ1) is 12.7. The van der Waals surface area contributed by atoms with E-state index in [4.69, 9.17) is 23.2 Å². The lowest BCUT2D eigenvalue weighted by molar-refractivity contribution is -0.384. The molecule has 0 N–H and O–H groups in total. The summed E-state index contributed by atoms with van der Waals surface area (Å²) < 4.78 is 0. The van der Waals surface area contributed by atoms with Crippen molar-refractivity contribution in [3.05, 3.63) is 44.5 Å². The van der Waals surface area contributed by atoms with Crippen LogP contribution in [0.5, 0.6) is 0 Å². The van der Waals surface area contributed by atoms with Crippen molar-refractivity contribution in [2.75, 3.05) is 0 Å². The molecule has 0 radical (unpaired) electrons. The topological polar surface area (TPSA) is 60.2 Å². The van der Waals surface area contributed by atoms with Crippen LogP contribution in [-0.4, -0.2) is 10.2 Å². The van der Waals surface area contributed by atoms with Crippen molar-refractivity contribution in [2.45, 2.75) is 6.92 Å². The molecule has 0 amide bonds. The quantitative estimate of drug-likeness (QED) is 0.362. The van der Waals surface area contributed by atoms with Crippen LogP contribution in [0.15, 0.2) is 23.8 Å². The number of benzene rings is 1. The van der Waals surface area contributed by atoms with Crippen LogP contribution in [0, 0.1) is 10.1 Å². The number of halogens is 2. The predicted molar refractivity (Wildman–Crippen MR) is 62.6 cm³/mol. The molecule has 1 rings (SSSR count). The summed E-state index contributed by atoms with van der Waals surface area (Å²) in [6.45, 7) is 1.50. The van der Waals surface area contributed by atoms with Gasteiger partial charge in [0.25, 0.3) is 5.69 Å². The molecule has 0 bridgehead atoms. The third-order valence-corrected chi connectivity index (χ3v) is 2.51. The molecule has 0 fully saturated rings. The van der Waals surface area contributed by atoms with Crippen LogP contribution in [-0.2, 0) is 4.79 Å². The predicted octanol–water partition coefficient (Wildman–Crippen LogP) is 3.42. The SMILES string of the molecule is CC(=Cc1cc([N+](=O)[O-])ccc1Cl)C(=O)Cl. The molecule has 0 aliphatic heterocycles. The van der Waals surface area contributed by atoms with Gasteiger partial charge in [0.15, 0.2) is 0 Å². The Balaban J connectivity index is 3.23. The van der Waals surface area contributed by atoms with Gasteiger partial charge in [-0.2, -0.15) is 0 Å². The Bertz CT molecular complexity index is 483. The summed E-state index contributed by atoms with van der Waals surface area (Å²) in [6.07, 6.45) is 1.41. The molecule has 0 heterocycles. The molecule has 16 heavy (non-hydrogen) atoms. The number of hydrogen-bond donors (Lipinski definition) is 0. The van der Waals surface area contributed by atoms with E-state index in [1.807, 2.05) is 0 Å². The van der Waals surface area contributed by atoms with Crippen LogP contribution in [0.1, 0.15) is 12.5 Å². The molecule has 0 atom stereocenters. The summed E-state index contributed by atoms with van der Waals surface area (Å²) in [5.74, 6) is 0. The van der Waals surface area contributed by atoms with Crippen molar-refractivity contribution in [3.63, 3.8) is 0 Å². The Labute approximate surface area is 102 Å². The molecule has 1 aromatic carbocycles. The average Bonchev–Trinajstić information content (AvgIpc) is 2.20. The van der Waals surface area contributed by atoms with E-state index < -0.39 is 10.2 Å². The number of nitro groups is 1. The fourth-order valence-corrected chi connectivity index (χ4v) is 1.27. The van der Waals surface area contributed by atoms with Gasteiger partial charge in [-0.25, -0.2) is 0 Å². The van der Waals surface area contributed by atoms with Crippen molar-refractivity contribution in [1.82, 2.24) is 0 Å². The maximum atomic E-state index is 10.8. The average molecular weight is 260 g/mol. The van der Waals surface area contributed by atoms with Gasteiger partial charge >= 0.3 is 0 Å². The second-order valence-electron chi connectivity index (χ2n) is 3.06. The van der Waals surface area contributed by atoms with Gasteiger partial charge in [0.2, 0.25) is 5.24 Å². The number of nitrogens with zero attached hydrogens (tertiary/aromatic N) is 1. The summed E-state index contributed by atoms with van der Waals surface area (Å²) >= 11 is 11.1. The van der Waals surface area contributed by atoms with E-state index in [1.165, 1.54) is 31.2 Å². The second kappa shape index (κ2) is 5.09. The molecule has 0 unspecified atom stereocenters. The van der Waals surface area contributed by atoms with E-state index in [0.717, 1.165) is 0 Å². The highest BCUT2D eigenvalue weighted by Crippen LogP contribution is 2.24. The smallest absolute Gasteiger partial charge is 0.270 e. The third kappa shape index (κ3) is 3.05. The number of nitro benzene ring substituents is 1. The molecule has 0 saturated heterocycles. The van der Waals surface area contributed by atoms with E-state index in [9.17, 15) is 14.9 Å². The first-order chi connectivity index (χ1) is 7.41. The van der Waals surface area contributed by atoms with Crippen LogP contribution >= 0.6 is 23.2 Å². The summed E-state index contributed by atoms with van der Waals surface area (Å²) in [5, 5.41) is 10.2. The largest absolute Gasteiger partial charge is 0.276 e. The van der Waals surface area contributed by atoms with Gasteiger partial charge in [-0.1, -0.05) is 11.6 Å². The maximum Gasteiger partial charge on any atom is 0.270 e. The van der Waals surface area contributed by atoms with E-state index in [2.05, 4.69) is 0 Å². The lowest BCUT2D eigenvalue weighted by atomic mass is 10.1. The van der Waals surface area contributed by atoms with Crippen molar-refractivity contribution in [3.8, 4) is 0 Å². The Kier molecular flexibility index (Phi) is 4.04. The molecule has 0 saturated carbocycles. The Morgan fingerprint density at radius 2 is 2.12 bits per heavy atom. The molecular weight excluding hydrogens is 253 g/mol. The van der Waals surface area contributed by atoms with E-state index in [-0.39, 0.29) is 11.3 Å². The Morgan fingerprint density at radius 3 is 2.62 bits per heavy atom. The highest BCUT2D eigenvalue weighted by molar-refractivity contribution is 6.68. The number of hydrogen-bond acceptors (Lipinski definition) is 3.